The lowest BCUT2D eigenvalue weighted by Crippen LogP contribution is -1.92. The van der Waals surface area contributed by atoms with E-state index in [-0.39, 0.29) is 0 Å². The number of aryl methyl sites for hydroxylation is 1. The van der Waals surface area contributed by atoms with Crippen molar-refractivity contribution in [1.29, 1.82) is 0 Å². The van der Waals surface area contributed by atoms with Crippen LogP contribution in [-0.2, 0) is 12.8 Å². The Morgan fingerprint density at radius 2 is 1.95 bits per heavy atom. The molecule has 0 spiro atoms. The first-order chi connectivity index (χ1) is 10.2. The number of rotatable bonds is 4. The summed E-state index contributed by atoms with van der Waals surface area (Å²) in [5.41, 5.74) is 8.45. The third-order valence-electron chi connectivity index (χ3n) is 4.20. The van der Waals surface area contributed by atoms with Crippen molar-refractivity contribution < 1.29 is 0 Å². The maximum atomic E-state index is 3.76. The molecule has 0 heterocycles. The lowest BCUT2D eigenvalue weighted by Gasteiger charge is -2.12. The van der Waals surface area contributed by atoms with Gasteiger partial charge >= 0.3 is 0 Å². The maximum Gasteiger partial charge on any atom is 0.0256 e. The molecule has 0 fully saturated rings. The van der Waals surface area contributed by atoms with Gasteiger partial charge in [-0.05, 0) is 60.1 Å². The van der Waals surface area contributed by atoms with E-state index in [2.05, 4.69) is 72.3 Å². The summed E-state index contributed by atoms with van der Waals surface area (Å²) >= 11 is 3.76. The van der Waals surface area contributed by atoms with Crippen LogP contribution in [0.1, 0.15) is 43.4 Å². The smallest absolute Gasteiger partial charge is 0.0256 e. The van der Waals surface area contributed by atoms with Crippen LogP contribution in [0.25, 0.3) is 17.2 Å². The van der Waals surface area contributed by atoms with E-state index in [1.807, 2.05) is 0 Å². The second-order valence-electron chi connectivity index (χ2n) is 5.96. The first-order valence-electron chi connectivity index (χ1n) is 7.77. The molecule has 0 amide bonds. The molecule has 1 aliphatic rings. The summed E-state index contributed by atoms with van der Waals surface area (Å²) in [5, 5.41) is 0. The normalized spacial score (nSPS) is 13.2. The number of fused-ring (bicyclic) bond motifs is 1. The third kappa shape index (κ3) is 2.98. The molecule has 0 saturated carbocycles. The lowest BCUT2D eigenvalue weighted by molar-refractivity contribution is 0.796. The van der Waals surface area contributed by atoms with Crippen LogP contribution in [-0.4, -0.2) is 0 Å². The maximum absolute atomic E-state index is 3.76. The van der Waals surface area contributed by atoms with Crippen molar-refractivity contribution >= 4 is 22.0 Å². The van der Waals surface area contributed by atoms with E-state index < -0.39 is 0 Å². The molecular formula is C20H21Br. The van der Waals surface area contributed by atoms with Crippen LogP contribution in [0.3, 0.4) is 0 Å². The molecule has 2 aromatic carbocycles. The Hall–Kier alpha value is -1.34. The second kappa shape index (κ2) is 6.19. The van der Waals surface area contributed by atoms with Crippen molar-refractivity contribution in [3.63, 3.8) is 0 Å². The molecule has 21 heavy (non-hydrogen) atoms. The van der Waals surface area contributed by atoms with Crippen LogP contribution < -0.4 is 0 Å². The minimum Gasteiger partial charge on any atom is -0.0683 e. The van der Waals surface area contributed by atoms with Crippen molar-refractivity contribution in [2.75, 3.05) is 0 Å². The summed E-state index contributed by atoms with van der Waals surface area (Å²) in [5.74, 6) is 0. The fourth-order valence-electron chi connectivity index (χ4n) is 3.12. The van der Waals surface area contributed by atoms with Gasteiger partial charge in [-0.3, -0.25) is 0 Å². The minimum absolute atomic E-state index is 1.08. The zero-order valence-corrected chi connectivity index (χ0v) is 14.3. The van der Waals surface area contributed by atoms with Gasteiger partial charge in [0.1, 0.15) is 0 Å². The van der Waals surface area contributed by atoms with Gasteiger partial charge in [-0.1, -0.05) is 71.3 Å². The highest BCUT2D eigenvalue weighted by molar-refractivity contribution is 9.10. The van der Waals surface area contributed by atoms with E-state index in [4.69, 9.17) is 0 Å². The second-order valence-corrected chi connectivity index (χ2v) is 6.81. The molecule has 3 rings (SSSR count). The number of unbranched alkanes of at least 4 members (excludes halogenated alkanes) is 1. The summed E-state index contributed by atoms with van der Waals surface area (Å²) in [6, 6.07) is 13.5. The van der Waals surface area contributed by atoms with E-state index in [0.717, 1.165) is 6.42 Å². The largest absolute Gasteiger partial charge is 0.0683 e. The molecule has 108 valence electrons. The van der Waals surface area contributed by atoms with Crippen LogP contribution >= 0.6 is 15.9 Å². The Morgan fingerprint density at radius 3 is 2.76 bits per heavy atom. The van der Waals surface area contributed by atoms with Crippen LogP contribution in [0.15, 0.2) is 46.4 Å². The summed E-state index contributed by atoms with van der Waals surface area (Å²) in [7, 11) is 0. The number of halogens is 1. The molecule has 2 aromatic rings. The fraction of sp³-hybridized carbons (Fsp3) is 0.300. The highest BCUT2D eigenvalue weighted by Gasteiger charge is 2.15. The van der Waals surface area contributed by atoms with Crippen molar-refractivity contribution in [2.45, 2.75) is 39.5 Å². The molecule has 0 aliphatic heterocycles. The standard InChI is InChI=1S/C20H21Br/c1-3-4-7-15-8-5-6-9-18(15)17-12-16-10-14(2)11-19(16)20(21)13-17/h5-6,8-9,11-13H,3-4,7,10H2,1-2H3. The van der Waals surface area contributed by atoms with Crippen LogP contribution in [0, 0.1) is 0 Å². The Balaban J connectivity index is 2.03. The van der Waals surface area contributed by atoms with E-state index in [0.29, 0.717) is 0 Å². The van der Waals surface area contributed by atoms with Gasteiger partial charge in [0.15, 0.2) is 0 Å². The van der Waals surface area contributed by atoms with E-state index >= 15 is 0 Å². The topological polar surface area (TPSA) is 0 Å². The molecule has 0 saturated heterocycles. The van der Waals surface area contributed by atoms with Gasteiger partial charge in [-0.2, -0.15) is 0 Å². The molecule has 0 bridgehead atoms. The van der Waals surface area contributed by atoms with E-state index in [9.17, 15) is 0 Å². The zero-order valence-electron chi connectivity index (χ0n) is 12.7. The Morgan fingerprint density at radius 1 is 1.14 bits per heavy atom. The number of hydrogen-bond acceptors (Lipinski definition) is 0. The van der Waals surface area contributed by atoms with Crippen LogP contribution in [0.5, 0.6) is 0 Å². The average Bonchev–Trinajstić information content (AvgIpc) is 2.86. The number of hydrogen-bond donors (Lipinski definition) is 0. The molecule has 1 aliphatic carbocycles. The van der Waals surface area contributed by atoms with Crippen LogP contribution in [0.4, 0.5) is 0 Å². The quantitative estimate of drug-likeness (QED) is 0.602. The summed E-state index contributed by atoms with van der Waals surface area (Å²) < 4.78 is 1.22. The Labute approximate surface area is 136 Å². The van der Waals surface area contributed by atoms with Crippen molar-refractivity contribution in [3.8, 4) is 11.1 Å². The van der Waals surface area contributed by atoms with E-state index in [1.165, 1.54) is 57.1 Å². The van der Waals surface area contributed by atoms with Crippen molar-refractivity contribution in [1.82, 2.24) is 0 Å². The van der Waals surface area contributed by atoms with Gasteiger partial charge in [0.2, 0.25) is 0 Å². The summed E-state index contributed by atoms with van der Waals surface area (Å²) in [6.07, 6.45) is 7.04. The van der Waals surface area contributed by atoms with Gasteiger partial charge in [0, 0.05) is 4.47 Å². The van der Waals surface area contributed by atoms with Gasteiger partial charge in [-0.15, -0.1) is 0 Å². The third-order valence-corrected chi connectivity index (χ3v) is 4.86. The highest BCUT2D eigenvalue weighted by atomic mass is 79.9. The van der Waals surface area contributed by atoms with Crippen LogP contribution in [0.2, 0.25) is 0 Å². The predicted octanol–water partition coefficient (Wildman–Crippen LogP) is 6.42. The predicted molar refractivity (Wildman–Crippen MR) is 95.5 cm³/mol. The Bertz CT molecular complexity index is 695. The molecule has 0 nitrogen and oxygen atoms in total. The average molecular weight is 341 g/mol. The molecule has 1 heteroatoms. The number of allylic oxidation sites excluding steroid dienone is 1. The lowest BCUT2D eigenvalue weighted by atomic mass is 9.94. The minimum atomic E-state index is 1.08. The molecule has 0 unspecified atom stereocenters. The SMILES string of the molecule is CCCCc1ccccc1-c1cc(Br)c2c(c1)CC(C)=C2. The van der Waals surface area contributed by atoms with Crippen molar-refractivity contribution in [2.24, 2.45) is 0 Å². The first kappa shape index (κ1) is 14.6. The molecule has 0 atom stereocenters. The first-order valence-corrected chi connectivity index (χ1v) is 8.56. The van der Waals surface area contributed by atoms with E-state index in [1.54, 1.807) is 0 Å². The van der Waals surface area contributed by atoms with Gasteiger partial charge in [0.05, 0.1) is 0 Å². The molecule has 0 radical (unpaired) electrons. The molecule has 0 N–H and O–H groups in total. The summed E-state index contributed by atoms with van der Waals surface area (Å²) in [4.78, 5) is 0. The molecule has 0 aromatic heterocycles. The van der Waals surface area contributed by atoms with Gasteiger partial charge in [0.25, 0.3) is 0 Å². The van der Waals surface area contributed by atoms with Gasteiger partial charge < -0.3 is 0 Å². The van der Waals surface area contributed by atoms with Crippen molar-refractivity contribution in [3.05, 3.63) is 63.1 Å². The Kier molecular flexibility index (Phi) is 4.30. The number of benzene rings is 2. The zero-order chi connectivity index (χ0) is 14.8. The summed E-state index contributed by atoms with van der Waals surface area (Å²) in [6.45, 7) is 4.46. The van der Waals surface area contributed by atoms with Gasteiger partial charge in [-0.25, -0.2) is 0 Å². The highest BCUT2D eigenvalue weighted by Crippen LogP contribution is 2.36. The fourth-order valence-corrected chi connectivity index (χ4v) is 3.74. The molecular weight excluding hydrogens is 320 g/mol. The monoisotopic (exact) mass is 340 g/mol.